The van der Waals surface area contributed by atoms with E-state index in [2.05, 4.69) is 17.4 Å². The quantitative estimate of drug-likeness (QED) is 0.853. The van der Waals surface area contributed by atoms with Crippen molar-refractivity contribution in [2.45, 2.75) is 37.8 Å². The fourth-order valence-electron chi connectivity index (χ4n) is 1.27. The van der Waals surface area contributed by atoms with Gasteiger partial charge in [0.2, 0.25) is 5.91 Å². The van der Waals surface area contributed by atoms with E-state index in [4.69, 9.17) is 0 Å². The van der Waals surface area contributed by atoms with Gasteiger partial charge in [-0.15, -0.1) is 11.8 Å². The molecule has 1 amide bonds. The largest absolute Gasteiger partial charge is 0.353 e. The zero-order valence-electron chi connectivity index (χ0n) is 10.1. The lowest BCUT2D eigenvalue weighted by Gasteiger charge is -2.14. The highest BCUT2D eigenvalue weighted by Crippen LogP contribution is 2.17. The first-order valence-corrected chi connectivity index (χ1v) is 6.60. The van der Waals surface area contributed by atoms with E-state index in [0.717, 1.165) is 5.75 Å². The fourth-order valence-corrected chi connectivity index (χ4v) is 2.13. The summed E-state index contributed by atoms with van der Waals surface area (Å²) in [4.78, 5) is 11.6. The van der Waals surface area contributed by atoms with Gasteiger partial charge in [-0.2, -0.15) is 0 Å². The number of carbonyl (C=O) groups excluding carboxylic acids is 1. The fraction of sp³-hybridized carbons (Fsp3) is 0.462. The molecule has 0 aliphatic carbocycles. The van der Waals surface area contributed by atoms with Crippen molar-refractivity contribution in [3.8, 4) is 0 Å². The Morgan fingerprint density at radius 3 is 2.44 bits per heavy atom. The summed E-state index contributed by atoms with van der Waals surface area (Å²) < 4.78 is 0. The first kappa shape index (κ1) is 13.1. The number of carbonyl (C=O) groups is 1. The van der Waals surface area contributed by atoms with Crippen molar-refractivity contribution in [1.29, 1.82) is 0 Å². The zero-order valence-corrected chi connectivity index (χ0v) is 10.9. The highest BCUT2D eigenvalue weighted by molar-refractivity contribution is 7.99. The monoisotopic (exact) mass is 237 g/mol. The van der Waals surface area contributed by atoms with Crippen LogP contribution in [0, 0.1) is 0 Å². The number of rotatable bonds is 5. The lowest BCUT2D eigenvalue weighted by atomic mass is 10.2. The number of nitrogens with one attached hydrogen (secondary N) is 1. The van der Waals surface area contributed by atoms with Crippen LogP contribution in [0.2, 0.25) is 0 Å². The molecule has 0 bridgehead atoms. The second-order valence-electron chi connectivity index (χ2n) is 4.10. The lowest BCUT2D eigenvalue weighted by molar-refractivity contribution is -0.120. The van der Waals surface area contributed by atoms with E-state index in [-0.39, 0.29) is 17.2 Å². The Hall–Kier alpha value is -0.960. The average molecular weight is 237 g/mol. The van der Waals surface area contributed by atoms with E-state index in [1.54, 1.807) is 11.8 Å². The van der Waals surface area contributed by atoms with Gasteiger partial charge in [0.05, 0.1) is 5.25 Å². The molecule has 1 aromatic rings. The van der Waals surface area contributed by atoms with Gasteiger partial charge in [-0.05, 0) is 26.3 Å². The van der Waals surface area contributed by atoms with Crippen LogP contribution in [-0.4, -0.2) is 17.2 Å². The molecule has 0 fully saturated rings. The molecule has 0 radical (unpaired) electrons. The number of hydrogen-bond acceptors (Lipinski definition) is 2. The normalized spacial score (nSPS) is 12.5. The molecular weight excluding hydrogens is 218 g/mol. The molecule has 0 heterocycles. The Kier molecular flexibility index (Phi) is 5.39. The predicted molar refractivity (Wildman–Crippen MR) is 70.5 cm³/mol. The van der Waals surface area contributed by atoms with Crippen LogP contribution in [0.15, 0.2) is 30.3 Å². The lowest BCUT2D eigenvalue weighted by Crippen LogP contribution is -2.35. The third-order valence-electron chi connectivity index (χ3n) is 2.14. The Labute approximate surface area is 102 Å². The Balaban J connectivity index is 2.35. The number of hydrogen-bond donors (Lipinski definition) is 1. The summed E-state index contributed by atoms with van der Waals surface area (Å²) in [6, 6.07) is 10.4. The van der Waals surface area contributed by atoms with Crippen molar-refractivity contribution in [2.75, 3.05) is 0 Å². The molecule has 0 saturated heterocycles. The van der Waals surface area contributed by atoms with Crippen LogP contribution in [0.3, 0.4) is 0 Å². The van der Waals surface area contributed by atoms with Gasteiger partial charge in [-0.3, -0.25) is 4.79 Å². The highest BCUT2D eigenvalue weighted by Gasteiger charge is 2.13. The average Bonchev–Trinajstić information content (AvgIpc) is 2.26. The van der Waals surface area contributed by atoms with Gasteiger partial charge in [0.15, 0.2) is 0 Å². The molecule has 1 rings (SSSR count). The maximum atomic E-state index is 11.6. The van der Waals surface area contributed by atoms with Crippen LogP contribution >= 0.6 is 11.8 Å². The molecule has 1 N–H and O–H groups in total. The van der Waals surface area contributed by atoms with Crippen LogP contribution in [0.1, 0.15) is 26.3 Å². The van der Waals surface area contributed by atoms with E-state index in [1.165, 1.54) is 5.56 Å². The van der Waals surface area contributed by atoms with E-state index < -0.39 is 0 Å². The molecule has 0 aliphatic heterocycles. The van der Waals surface area contributed by atoms with Gasteiger partial charge in [-0.25, -0.2) is 0 Å². The minimum absolute atomic E-state index is 0.00241. The molecule has 1 aromatic carbocycles. The van der Waals surface area contributed by atoms with Gasteiger partial charge in [-0.1, -0.05) is 30.3 Å². The van der Waals surface area contributed by atoms with Crippen LogP contribution in [0.4, 0.5) is 0 Å². The molecule has 0 aliphatic rings. The number of thioether (sulfide) groups is 1. The first-order chi connectivity index (χ1) is 7.59. The third-order valence-corrected chi connectivity index (χ3v) is 3.36. The maximum absolute atomic E-state index is 11.6. The van der Waals surface area contributed by atoms with Gasteiger partial charge < -0.3 is 5.32 Å². The summed E-state index contributed by atoms with van der Waals surface area (Å²) in [6.45, 7) is 5.91. The van der Waals surface area contributed by atoms with Crippen LogP contribution in [-0.2, 0) is 10.5 Å². The third kappa shape index (κ3) is 4.71. The minimum atomic E-state index is 0.00241. The maximum Gasteiger partial charge on any atom is 0.233 e. The van der Waals surface area contributed by atoms with Crippen molar-refractivity contribution in [3.05, 3.63) is 35.9 Å². The van der Waals surface area contributed by atoms with E-state index in [9.17, 15) is 4.79 Å². The van der Waals surface area contributed by atoms with Gasteiger partial charge in [0.25, 0.3) is 0 Å². The van der Waals surface area contributed by atoms with Crippen molar-refractivity contribution in [2.24, 2.45) is 0 Å². The molecule has 0 unspecified atom stereocenters. The molecule has 0 spiro atoms. The summed E-state index contributed by atoms with van der Waals surface area (Å²) in [5.74, 6) is 1.00. The SMILES string of the molecule is CC(C)NC(=O)[C@H](C)SCc1ccccc1. The van der Waals surface area contributed by atoms with E-state index in [1.807, 2.05) is 39.0 Å². The second-order valence-corrected chi connectivity index (χ2v) is 5.43. The van der Waals surface area contributed by atoms with Gasteiger partial charge in [0, 0.05) is 11.8 Å². The predicted octanol–water partition coefficient (Wildman–Crippen LogP) is 2.83. The van der Waals surface area contributed by atoms with Crippen molar-refractivity contribution >= 4 is 17.7 Å². The molecule has 88 valence electrons. The van der Waals surface area contributed by atoms with Crippen LogP contribution in [0.25, 0.3) is 0 Å². The Bertz CT molecular complexity index is 324. The summed E-state index contributed by atoms with van der Waals surface area (Å²) >= 11 is 1.67. The number of amides is 1. The molecule has 2 nitrogen and oxygen atoms in total. The number of benzene rings is 1. The Morgan fingerprint density at radius 1 is 1.25 bits per heavy atom. The second kappa shape index (κ2) is 6.59. The van der Waals surface area contributed by atoms with Crippen LogP contribution < -0.4 is 5.32 Å². The van der Waals surface area contributed by atoms with Crippen molar-refractivity contribution in [3.63, 3.8) is 0 Å². The standard InChI is InChI=1S/C13H19NOS/c1-10(2)14-13(15)11(3)16-9-12-7-5-4-6-8-12/h4-8,10-11H,9H2,1-3H3,(H,14,15)/t11-/m0/s1. The molecule has 1 atom stereocenters. The topological polar surface area (TPSA) is 29.1 Å². The Morgan fingerprint density at radius 2 is 1.88 bits per heavy atom. The molecule has 3 heteroatoms. The smallest absolute Gasteiger partial charge is 0.233 e. The first-order valence-electron chi connectivity index (χ1n) is 5.55. The van der Waals surface area contributed by atoms with Crippen molar-refractivity contribution in [1.82, 2.24) is 5.32 Å². The van der Waals surface area contributed by atoms with Crippen molar-refractivity contribution < 1.29 is 4.79 Å². The van der Waals surface area contributed by atoms with E-state index >= 15 is 0 Å². The molecule has 0 aromatic heterocycles. The highest BCUT2D eigenvalue weighted by atomic mass is 32.2. The summed E-state index contributed by atoms with van der Waals surface area (Å²) in [5.41, 5.74) is 1.26. The molecule has 0 saturated carbocycles. The summed E-state index contributed by atoms with van der Waals surface area (Å²) in [5, 5.41) is 2.92. The molecular formula is C13H19NOS. The van der Waals surface area contributed by atoms with Crippen LogP contribution in [0.5, 0.6) is 0 Å². The minimum Gasteiger partial charge on any atom is -0.353 e. The summed E-state index contributed by atoms with van der Waals surface area (Å²) in [6.07, 6.45) is 0. The summed E-state index contributed by atoms with van der Waals surface area (Å²) in [7, 11) is 0. The molecule has 16 heavy (non-hydrogen) atoms. The van der Waals surface area contributed by atoms with E-state index in [0.29, 0.717) is 0 Å². The zero-order chi connectivity index (χ0) is 12.0. The van der Waals surface area contributed by atoms with Gasteiger partial charge in [0.1, 0.15) is 0 Å². The van der Waals surface area contributed by atoms with Gasteiger partial charge >= 0.3 is 0 Å².